The predicted octanol–water partition coefficient (Wildman–Crippen LogP) is 3.88. The summed E-state index contributed by atoms with van der Waals surface area (Å²) in [5.41, 5.74) is -2.42. The lowest BCUT2D eigenvalue weighted by Gasteiger charge is -2.34. The highest BCUT2D eigenvalue weighted by molar-refractivity contribution is 6.05. The molecule has 1 heterocycles. The van der Waals surface area contributed by atoms with E-state index in [0.29, 0.717) is 5.82 Å². The van der Waals surface area contributed by atoms with Crippen LogP contribution in [-0.2, 0) is 11.0 Å². The van der Waals surface area contributed by atoms with E-state index in [9.17, 15) is 18.0 Å². The fourth-order valence-corrected chi connectivity index (χ4v) is 3.14. The lowest BCUT2D eigenvalue weighted by molar-refractivity contribution is -0.137. The van der Waals surface area contributed by atoms with E-state index in [-0.39, 0.29) is 17.6 Å². The van der Waals surface area contributed by atoms with Gasteiger partial charge in [0.05, 0.1) is 22.9 Å². The first-order valence-electron chi connectivity index (χ1n) is 7.37. The molecule has 1 amide bonds. The average Bonchev–Trinajstić information content (AvgIpc) is 2.63. The first kappa shape index (κ1) is 17.9. The second kappa shape index (κ2) is 5.55. The summed E-state index contributed by atoms with van der Waals surface area (Å²) in [6, 6.07) is 4.70. The van der Waals surface area contributed by atoms with Gasteiger partial charge in [0.1, 0.15) is 11.4 Å². The smallest absolute Gasteiger partial charge is 0.342 e. The summed E-state index contributed by atoms with van der Waals surface area (Å²) in [7, 11) is 0. The van der Waals surface area contributed by atoms with Crippen LogP contribution in [0.15, 0.2) is 30.6 Å². The van der Waals surface area contributed by atoms with E-state index >= 15 is 0 Å². The molecule has 0 bridgehead atoms. The third-order valence-corrected chi connectivity index (χ3v) is 4.07. The normalized spacial score (nSPS) is 17.6. The van der Waals surface area contributed by atoms with Crippen LogP contribution in [0.25, 0.3) is 0 Å². The number of carbonyl (C=O) groups is 1. The maximum Gasteiger partial charge on any atom is 0.417 e. The van der Waals surface area contributed by atoms with E-state index in [2.05, 4.69) is 6.58 Å². The Morgan fingerprint density at radius 2 is 1.88 bits per heavy atom. The van der Waals surface area contributed by atoms with E-state index in [1.165, 1.54) is 17.0 Å². The maximum absolute atomic E-state index is 13.2. The number of nitriles is 1. The van der Waals surface area contributed by atoms with E-state index in [0.717, 1.165) is 12.1 Å². The molecule has 128 valence electrons. The van der Waals surface area contributed by atoms with Crippen LogP contribution >= 0.6 is 0 Å². The molecule has 0 aromatic heterocycles. The Kier molecular flexibility index (Phi) is 4.13. The third-order valence-electron chi connectivity index (χ3n) is 4.07. The molecule has 0 saturated carbocycles. The Labute approximate surface area is 138 Å². The van der Waals surface area contributed by atoms with Crippen molar-refractivity contribution in [3.8, 4) is 6.07 Å². The molecule has 1 aliphatic heterocycles. The van der Waals surface area contributed by atoms with Crippen molar-refractivity contribution in [2.24, 2.45) is 0 Å². The van der Waals surface area contributed by atoms with Crippen molar-refractivity contribution in [1.82, 2.24) is 4.90 Å². The monoisotopic (exact) mass is 337 g/mol. The number of amides is 1. The van der Waals surface area contributed by atoms with Gasteiger partial charge in [-0.15, -0.1) is 0 Å². The lowest BCUT2D eigenvalue weighted by Crippen LogP contribution is -2.46. The molecule has 2 rings (SSSR count). The minimum atomic E-state index is -4.68. The molecule has 1 aromatic rings. The van der Waals surface area contributed by atoms with Crippen LogP contribution in [-0.4, -0.2) is 22.4 Å². The fraction of sp³-hybridized carbons (Fsp3) is 0.412. The second-order valence-electron chi connectivity index (χ2n) is 6.42. The van der Waals surface area contributed by atoms with Gasteiger partial charge < -0.3 is 4.90 Å². The summed E-state index contributed by atoms with van der Waals surface area (Å²) in [5, 5.41) is 8.88. The largest absolute Gasteiger partial charge is 0.417 e. The van der Waals surface area contributed by atoms with E-state index in [1.54, 1.807) is 18.7 Å². The summed E-state index contributed by atoms with van der Waals surface area (Å²) in [6.45, 7) is 11.0. The molecule has 4 nitrogen and oxygen atoms in total. The van der Waals surface area contributed by atoms with E-state index in [4.69, 9.17) is 5.26 Å². The summed E-state index contributed by atoms with van der Waals surface area (Å²) < 4.78 is 39.5. The third kappa shape index (κ3) is 2.62. The second-order valence-corrected chi connectivity index (χ2v) is 6.42. The molecule has 0 atom stereocenters. The highest BCUT2D eigenvalue weighted by Gasteiger charge is 2.49. The number of halogens is 3. The fourth-order valence-electron chi connectivity index (χ4n) is 3.14. The molecule has 7 heteroatoms. The lowest BCUT2D eigenvalue weighted by atomic mass is 10.0. The highest BCUT2D eigenvalue weighted by Crippen LogP contribution is 2.40. The molecule has 1 aliphatic rings. The summed E-state index contributed by atoms with van der Waals surface area (Å²) in [4.78, 5) is 15.7. The molecule has 0 aliphatic carbocycles. The van der Waals surface area contributed by atoms with E-state index in [1.807, 2.05) is 13.8 Å². The van der Waals surface area contributed by atoms with Crippen molar-refractivity contribution in [2.45, 2.75) is 45.5 Å². The van der Waals surface area contributed by atoms with Crippen molar-refractivity contribution < 1.29 is 18.0 Å². The number of hydrogen-bond acceptors (Lipinski definition) is 3. The van der Waals surface area contributed by atoms with Crippen LogP contribution in [0, 0.1) is 11.3 Å². The van der Waals surface area contributed by atoms with Crippen molar-refractivity contribution in [3.05, 3.63) is 41.7 Å². The van der Waals surface area contributed by atoms with Gasteiger partial charge >= 0.3 is 6.18 Å². The standard InChI is InChI=1S/C17H18F3N3O/c1-10(2)23-11(3)22(15(24)16(23,4)5)13-7-6-12(9-21)14(8-13)17(18,19)20/h6-8,10H,3H2,1-2,4-5H3. The molecule has 1 aromatic carbocycles. The zero-order chi connectivity index (χ0) is 18.4. The van der Waals surface area contributed by atoms with Gasteiger partial charge in [0.25, 0.3) is 5.91 Å². The molecule has 1 saturated heterocycles. The molecule has 0 N–H and O–H groups in total. The zero-order valence-electron chi connectivity index (χ0n) is 13.9. The van der Waals surface area contributed by atoms with Gasteiger partial charge in [0, 0.05) is 6.04 Å². The Hall–Kier alpha value is -2.49. The van der Waals surface area contributed by atoms with Crippen molar-refractivity contribution in [2.75, 3.05) is 4.90 Å². The highest BCUT2D eigenvalue weighted by atomic mass is 19.4. The molecule has 0 spiro atoms. The number of carbonyl (C=O) groups excluding carboxylic acids is 1. The minimum Gasteiger partial charge on any atom is -0.342 e. The number of anilines is 1. The van der Waals surface area contributed by atoms with Gasteiger partial charge in [-0.05, 0) is 45.9 Å². The quantitative estimate of drug-likeness (QED) is 0.823. The van der Waals surface area contributed by atoms with E-state index < -0.39 is 22.8 Å². The first-order chi connectivity index (χ1) is 10.9. The maximum atomic E-state index is 13.2. The summed E-state index contributed by atoms with van der Waals surface area (Å²) >= 11 is 0. The van der Waals surface area contributed by atoms with Crippen LogP contribution < -0.4 is 4.90 Å². The van der Waals surface area contributed by atoms with Gasteiger partial charge in [-0.25, -0.2) is 0 Å². The number of nitrogens with zero attached hydrogens (tertiary/aromatic N) is 3. The van der Waals surface area contributed by atoms with Crippen LogP contribution in [0.4, 0.5) is 18.9 Å². The Bertz CT molecular complexity index is 744. The molecule has 1 fully saturated rings. The number of hydrogen-bond donors (Lipinski definition) is 0. The average molecular weight is 337 g/mol. The molecule has 0 unspecified atom stereocenters. The van der Waals surface area contributed by atoms with Crippen LogP contribution in [0.3, 0.4) is 0 Å². The Balaban J connectivity index is 2.59. The van der Waals surface area contributed by atoms with Crippen molar-refractivity contribution in [3.63, 3.8) is 0 Å². The van der Waals surface area contributed by atoms with Crippen LogP contribution in [0.2, 0.25) is 0 Å². The molecular weight excluding hydrogens is 319 g/mol. The number of rotatable bonds is 2. The van der Waals surface area contributed by atoms with Crippen molar-refractivity contribution >= 4 is 11.6 Å². The Morgan fingerprint density at radius 1 is 1.29 bits per heavy atom. The Morgan fingerprint density at radius 3 is 2.29 bits per heavy atom. The minimum absolute atomic E-state index is 0.0487. The van der Waals surface area contributed by atoms with Gasteiger partial charge in [-0.2, -0.15) is 18.4 Å². The predicted molar refractivity (Wildman–Crippen MR) is 83.8 cm³/mol. The molecular formula is C17H18F3N3O. The van der Waals surface area contributed by atoms with Gasteiger partial charge in [0.2, 0.25) is 0 Å². The van der Waals surface area contributed by atoms with Gasteiger partial charge in [-0.1, -0.05) is 6.58 Å². The van der Waals surface area contributed by atoms with Crippen LogP contribution in [0.1, 0.15) is 38.8 Å². The van der Waals surface area contributed by atoms with Gasteiger partial charge in [0.15, 0.2) is 0 Å². The molecule has 0 radical (unpaired) electrons. The summed E-state index contributed by atoms with van der Waals surface area (Å²) in [6.07, 6.45) is -4.68. The molecule has 24 heavy (non-hydrogen) atoms. The van der Waals surface area contributed by atoms with Crippen LogP contribution in [0.5, 0.6) is 0 Å². The number of benzene rings is 1. The van der Waals surface area contributed by atoms with Crippen molar-refractivity contribution in [1.29, 1.82) is 5.26 Å². The SMILES string of the molecule is C=C1N(c2ccc(C#N)c(C(F)(F)F)c2)C(=O)C(C)(C)N1C(C)C. The summed E-state index contributed by atoms with van der Waals surface area (Å²) in [5.74, 6) is -0.0446. The zero-order valence-corrected chi connectivity index (χ0v) is 13.9. The first-order valence-corrected chi connectivity index (χ1v) is 7.37. The topological polar surface area (TPSA) is 47.3 Å². The number of alkyl halides is 3. The van der Waals surface area contributed by atoms with Gasteiger partial charge in [-0.3, -0.25) is 9.69 Å².